The molecule has 172 valence electrons. The summed E-state index contributed by atoms with van der Waals surface area (Å²) in [5, 5.41) is 3.97. The molecule has 0 bridgehead atoms. The van der Waals surface area contributed by atoms with E-state index in [4.69, 9.17) is 15.2 Å². The Bertz CT molecular complexity index is 1160. The van der Waals surface area contributed by atoms with Gasteiger partial charge >= 0.3 is 0 Å². The minimum atomic E-state index is -0.471. The molecule has 2 amide bonds. The molecule has 9 heteroatoms. The van der Waals surface area contributed by atoms with Crippen LogP contribution in [0.2, 0.25) is 0 Å². The minimum Gasteiger partial charge on any atom is -0.366 e. The Labute approximate surface area is 192 Å². The molecule has 33 heavy (non-hydrogen) atoms. The molecule has 2 N–H and O–H groups in total. The number of nitrogens with two attached hydrogens (primary N) is 1. The number of aromatic nitrogens is 3. The SMILES string of the molecule is CCCc1cc(C(=O)N2CCC(c3nc(N(C)C)ncc3-c3ccc(C(N)=O)cc3)C2)no1. The van der Waals surface area contributed by atoms with Crippen LogP contribution in [0, 0.1) is 0 Å². The van der Waals surface area contributed by atoms with E-state index in [9.17, 15) is 9.59 Å². The maximum atomic E-state index is 13.0. The molecule has 1 aliphatic heterocycles. The number of nitrogens with zero attached hydrogens (tertiary/aromatic N) is 5. The van der Waals surface area contributed by atoms with Gasteiger partial charge in [0.15, 0.2) is 5.69 Å². The third kappa shape index (κ3) is 4.72. The van der Waals surface area contributed by atoms with E-state index in [0.717, 1.165) is 41.8 Å². The summed E-state index contributed by atoms with van der Waals surface area (Å²) in [6.07, 6.45) is 4.27. The molecular formula is C24H28N6O3. The zero-order valence-electron chi connectivity index (χ0n) is 19.1. The maximum Gasteiger partial charge on any atom is 0.276 e. The quantitative estimate of drug-likeness (QED) is 0.590. The van der Waals surface area contributed by atoms with Crippen molar-refractivity contribution in [2.45, 2.75) is 32.1 Å². The normalized spacial score (nSPS) is 15.6. The van der Waals surface area contributed by atoms with E-state index in [1.165, 1.54) is 0 Å². The highest BCUT2D eigenvalue weighted by Gasteiger charge is 2.32. The van der Waals surface area contributed by atoms with Crippen molar-refractivity contribution < 1.29 is 14.1 Å². The number of carbonyl (C=O) groups excluding carboxylic acids is 2. The standard InChI is InChI=1S/C24H28N6O3/c1-4-5-18-12-20(28-33-18)23(32)30-11-10-17(14-30)21-19(13-26-24(27-21)29(2)3)15-6-8-16(9-7-15)22(25)31/h6-9,12-13,17H,4-5,10-11,14H2,1-3H3,(H2,25,31). The highest BCUT2D eigenvalue weighted by atomic mass is 16.5. The topological polar surface area (TPSA) is 118 Å². The summed E-state index contributed by atoms with van der Waals surface area (Å²) in [5.41, 5.74) is 8.81. The average Bonchev–Trinajstić information content (AvgIpc) is 3.49. The van der Waals surface area contributed by atoms with Gasteiger partial charge in [-0.1, -0.05) is 24.2 Å². The predicted molar refractivity (Wildman–Crippen MR) is 124 cm³/mol. The van der Waals surface area contributed by atoms with E-state index in [1.54, 1.807) is 29.3 Å². The summed E-state index contributed by atoms with van der Waals surface area (Å²) >= 11 is 0. The molecule has 1 atom stereocenters. The number of benzene rings is 1. The smallest absolute Gasteiger partial charge is 0.276 e. The van der Waals surface area contributed by atoms with Crippen LogP contribution >= 0.6 is 0 Å². The van der Waals surface area contributed by atoms with Gasteiger partial charge in [-0.25, -0.2) is 9.97 Å². The van der Waals surface area contributed by atoms with Crippen LogP contribution in [0.25, 0.3) is 11.1 Å². The second-order valence-corrected chi connectivity index (χ2v) is 8.47. The molecule has 0 spiro atoms. The van der Waals surface area contributed by atoms with Gasteiger partial charge in [0.25, 0.3) is 5.91 Å². The first kappa shape index (κ1) is 22.4. The number of likely N-dealkylation sites (tertiary alicyclic amines) is 1. The third-order valence-electron chi connectivity index (χ3n) is 5.82. The molecule has 1 saturated heterocycles. The molecule has 4 rings (SSSR count). The monoisotopic (exact) mass is 448 g/mol. The number of hydrogen-bond acceptors (Lipinski definition) is 7. The Morgan fingerprint density at radius 2 is 2.00 bits per heavy atom. The Kier molecular flexibility index (Phi) is 6.39. The number of carbonyl (C=O) groups is 2. The fraction of sp³-hybridized carbons (Fsp3) is 0.375. The van der Waals surface area contributed by atoms with Crippen LogP contribution in [0.4, 0.5) is 5.95 Å². The van der Waals surface area contributed by atoms with Crippen molar-refractivity contribution in [3.8, 4) is 11.1 Å². The van der Waals surface area contributed by atoms with E-state index in [2.05, 4.69) is 17.1 Å². The Morgan fingerprint density at radius 3 is 2.67 bits per heavy atom. The fourth-order valence-electron chi connectivity index (χ4n) is 4.06. The van der Waals surface area contributed by atoms with Crippen molar-refractivity contribution in [1.82, 2.24) is 20.0 Å². The van der Waals surface area contributed by atoms with E-state index < -0.39 is 5.91 Å². The van der Waals surface area contributed by atoms with Gasteiger partial charge in [0.05, 0.1) is 5.69 Å². The molecule has 1 fully saturated rings. The molecule has 0 aliphatic carbocycles. The highest BCUT2D eigenvalue weighted by Crippen LogP contribution is 2.34. The van der Waals surface area contributed by atoms with Crippen LogP contribution in [0.5, 0.6) is 0 Å². The molecule has 3 heterocycles. The zero-order valence-corrected chi connectivity index (χ0v) is 19.1. The molecule has 1 aromatic carbocycles. The van der Waals surface area contributed by atoms with Crippen molar-refractivity contribution in [2.75, 3.05) is 32.1 Å². The first-order valence-electron chi connectivity index (χ1n) is 11.1. The van der Waals surface area contributed by atoms with Gasteiger partial charge in [-0.3, -0.25) is 9.59 Å². The second-order valence-electron chi connectivity index (χ2n) is 8.47. The summed E-state index contributed by atoms with van der Waals surface area (Å²) in [7, 11) is 3.78. The average molecular weight is 449 g/mol. The van der Waals surface area contributed by atoms with Crippen LogP contribution < -0.4 is 10.6 Å². The molecule has 2 aromatic heterocycles. The Balaban J connectivity index is 1.61. The van der Waals surface area contributed by atoms with Crippen molar-refractivity contribution in [3.05, 3.63) is 59.2 Å². The Morgan fingerprint density at radius 1 is 1.24 bits per heavy atom. The van der Waals surface area contributed by atoms with Gasteiger partial charge < -0.3 is 20.1 Å². The van der Waals surface area contributed by atoms with Crippen LogP contribution in [0.3, 0.4) is 0 Å². The van der Waals surface area contributed by atoms with Crippen LogP contribution in [-0.4, -0.2) is 59.0 Å². The highest BCUT2D eigenvalue weighted by molar-refractivity contribution is 5.93. The molecule has 9 nitrogen and oxygen atoms in total. The largest absolute Gasteiger partial charge is 0.366 e. The maximum absolute atomic E-state index is 13.0. The number of primary amides is 1. The van der Waals surface area contributed by atoms with Crippen molar-refractivity contribution in [2.24, 2.45) is 5.73 Å². The third-order valence-corrected chi connectivity index (χ3v) is 5.82. The van der Waals surface area contributed by atoms with Crippen molar-refractivity contribution in [3.63, 3.8) is 0 Å². The minimum absolute atomic E-state index is 0.0449. The Hall–Kier alpha value is -3.75. The second kappa shape index (κ2) is 9.40. The molecule has 1 unspecified atom stereocenters. The summed E-state index contributed by atoms with van der Waals surface area (Å²) in [4.78, 5) is 37.4. The number of hydrogen-bond donors (Lipinski definition) is 1. The summed E-state index contributed by atoms with van der Waals surface area (Å²) in [5.74, 6) is 0.778. The number of aryl methyl sites for hydroxylation is 1. The molecule has 0 radical (unpaired) electrons. The summed E-state index contributed by atoms with van der Waals surface area (Å²) < 4.78 is 5.29. The van der Waals surface area contributed by atoms with Gasteiger partial charge in [-0.2, -0.15) is 0 Å². The van der Waals surface area contributed by atoms with Crippen molar-refractivity contribution >= 4 is 17.8 Å². The van der Waals surface area contributed by atoms with Gasteiger partial charge in [0.2, 0.25) is 11.9 Å². The molecule has 1 aliphatic rings. The van der Waals surface area contributed by atoms with Crippen LogP contribution in [0.1, 0.15) is 58.0 Å². The van der Waals surface area contributed by atoms with E-state index >= 15 is 0 Å². The molecule has 3 aromatic rings. The lowest BCUT2D eigenvalue weighted by Crippen LogP contribution is -2.29. The van der Waals surface area contributed by atoms with Crippen LogP contribution in [0.15, 0.2) is 41.1 Å². The van der Waals surface area contributed by atoms with E-state index in [0.29, 0.717) is 30.3 Å². The van der Waals surface area contributed by atoms with Gasteiger partial charge in [0, 0.05) is 62.9 Å². The predicted octanol–water partition coefficient (Wildman–Crippen LogP) is 2.88. The van der Waals surface area contributed by atoms with Gasteiger partial charge in [-0.05, 0) is 30.5 Å². The van der Waals surface area contributed by atoms with Gasteiger partial charge in [-0.15, -0.1) is 0 Å². The number of anilines is 1. The van der Waals surface area contributed by atoms with Crippen LogP contribution in [-0.2, 0) is 6.42 Å². The molecule has 0 saturated carbocycles. The van der Waals surface area contributed by atoms with E-state index in [-0.39, 0.29) is 11.8 Å². The van der Waals surface area contributed by atoms with Crippen molar-refractivity contribution in [1.29, 1.82) is 0 Å². The fourth-order valence-corrected chi connectivity index (χ4v) is 4.06. The number of amides is 2. The molecular weight excluding hydrogens is 420 g/mol. The summed E-state index contributed by atoms with van der Waals surface area (Å²) in [6.45, 7) is 3.20. The van der Waals surface area contributed by atoms with Gasteiger partial charge in [0.1, 0.15) is 5.76 Å². The zero-order chi connectivity index (χ0) is 23.5. The first-order valence-corrected chi connectivity index (χ1v) is 11.1. The first-order chi connectivity index (χ1) is 15.9. The summed E-state index contributed by atoms with van der Waals surface area (Å²) in [6, 6.07) is 8.83. The number of rotatable bonds is 7. The van der Waals surface area contributed by atoms with E-state index in [1.807, 2.05) is 31.1 Å². The lowest BCUT2D eigenvalue weighted by atomic mass is 9.95. The lowest BCUT2D eigenvalue weighted by molar-refractivity contribution is 0.0780. The lowest BCUT2D eigenvalue weighted by Gasteiger charge is -2.19.